The molecule has 0 unspecified atom stereocenters. The van der Waals surface area contributed by atoms with Gasteiger partial charge in [-0.15, -0.1) is 0 Å². The Balaban J connectivity index is 1.75. The van der Waals surface area contributed by atoms with E-state index in [0.29, 0.717) is 37.9 Å². The van der Waals surface area contributed by atoms with E-state index in [1.54, 1.807) is 124 Å². The molecular formula is C35H30O4P2. The standard InChI is InChI=1S/C35H30O4P2/c1-25-24-26(2)33(35(37)41(39,30-20-12-6-13-21-30)31-22-14-7-15-23-31)27(3)32(25)34(36)40(38,28-16-8-4-9-17-28)29-18-10-5-11-19-29/h4-24H,1-3H3. The molecule has 0 N–H and O–H groups in total. The Bertz CT molecular complexity index is 1610. The van der Waals surface area contributed by atoms with Crippen LogP contribution >= 0.6 is 14.3 Å². The molecule has 5 rings (SSSR count). The molecule has 0 radical (unpaired) electrons. The Labute approximate surface area is 240 Å². The quantitative estimate of drug-likeness (QED) is 0.188. The van der Waals surface area contributed by atoms with E-state index >= 15 is 0 Å². The molecule has 5 aromatic carbocycles. The first-order valence-corrected chi connectivity index (χ1v) is 16.7. The number of hydrogen-bond donors (Lipinski definition) is 0. The van der Waals surface area contributed by atoms with Gasteiger partial charge in [-0.25, -0.2) is 0 Å². The second-order valence-corrected chi connectivity index (χ2v) is 15.4. The van der Waals surface area contributed by atoms with Gasteiger partial charge in [-0.3, -0.25) is 9.59 Å². The van der Waals surface area contributed by atoms with Crippen LogP contribution in [-0.4, -0.2) is 11.0 Å². The van der Waals surface area contributed by atoms with Crippen LogP contribution in [0.25, 0.3) is 0 Å². The first-order valence-electron chi connectivity index (χ1n) is 13.3. The molecule has 0 saturated heterocycles. The predicted molar refractivity (Wildman–Crippen MR) is 169 cm³/mol. The lowest BCUT2D eigenvalue weighted by molar-refractivity contribution is 0.107. The summed E-state index contributed by atoms with van der Waals surface area (Å²) in [5, 5.41) is 1.68. The largest absolute Gasteiger partial charge is 0.305 e. The first kappa shape index (κ1) is 28.4. The average Bonchev–Trinajstić information content (AvgIpc) is 3.01. The zero-order valence-electron chi connectivity index (χ0n) is 23.2. The van der Waals surface area contributed by atoms with Gasteiger partial charge in [0.05, 0.1) is 0 Å². The second-order valence-electron chi connectivity index (χ2n) is 10.1. The Morgan fingerprint density at radius 1 is 0.439 bits per heavy atom. The van der Waals surface area contributed by atoms with Crippen LogP contribution < -0.4 is 21.2 Å². The van der Waals surface area contributed by atoms with Crippen molar-refractivity contribution < 1.29 is 18.7 Å². The summed E-state index contributed by atoms with van der Waals surface area (Å²) >= 11 is 0. The highest BCUT2D eigenvalue weighted by atomic mass is 31.2. The lowest BCUT2D eigenvalue weighted by Crippen LogP contribution is -2.26. The fourth-order valence-corrected chi connectivity index (χ4v) is 10.7. The van der Waals surface area contributed by atoms with Crippen LogP contribution in [0.4, 0.5) is 0 Å². The van der Waals surface area contributed by atoms with Crippen molar-refractivity contribution in [1.82, 2.24) is 0 Å². The molecule has 0 aliphatic carbocycles. The van der Waals surface area contributed by atoms with E-state index < -0.39 is 25.3 Å². The van der Waals surface area contributed by atoms with Crippen molar-refractivity contribution in [2.24, 2.45) is 0 Å². The summed E-state index contributed by atoms with van der Waals surface area (Å²) in [6, 6.07) is 36.7. The van der Waals surface area contributed by atoms with Crippen molar-refractivity contribution in [2.45, 2.75) is 20.8 Å². The van der Waals surface area contributed by atoms with Crippen LogP contribution in [-0.2, 0) is 9.13 Å². The monoisotopic (exact) mass is 576 g/mol. The van der Waals surface area contributed by atoms with Crippen LogP contribution in [0.15, 0.2) is 127 Å². The molecule has 0 aromatic heterocycles. The Hall–Kier alpha value is -4.10. The molecule has 0 aliphatic heterocycles. The Morgan fingerprint density at radius 3 is 0.927 bits per heavy atom. The third kappa shape index (κ3) is 4.88. The van der Waals surface area contributed by atoms with Crippen molar-refractivity contribution in [3.8, 4) is 0 Å². The molecule has 0 spiro atoms. The fourth-order valence-electron chi connectivity index (χ4n) is 5.48. The van der Waals surface area contributed by atoms with Crippen LogP contribution in [0.5, 0.6) is 0 Å². The number of benzene rings is 5. The molecule has 5 aromatic rings. The Kier molecular flexibility index (Phi) is 7.91. The zero-order chi connectivity index (χ0) is 29.2. The highest BCUT2D eigenvalue weighted by Gasteiger charge is 2.42. The van der Waals surface area contributed by atoms with Gasteiger partial charge in [0, 0.05) is 32.3 Å². The topological polar surface area (TPSA) is 68.3 Å². The molecule has 4 nitrogen and oxygen atoms in total. The molecule has 0 heterocycles. The maximum Gasteiger partial charge on any atom is 0.230 e. The number of rotatable bonds is 8. The molecule has 0 aliphatic rings. The molecule has 0 fully saturated rings. The van der Waals surface area contributed by atoms with Crippen LogP contribution in [0.3, 0.4) is 0 Å². The van der Waals surface area contributed by atoms with Crippen molar-refractivity contribution in [2.75, 3.05) is 0 Å². The molecule has 0 atom stereocenters. The number of hydrogen-bond acceptors (Lipinski definition) is 4. The zero-order valence-corrected chi connectivity index (χ0v) is 24.9. The summed E-state index contributed by atoms with van der Waals surface area (Å²) in [5.41, 5.74) is 0.967. The van der Waals surface area contributed by atoms with E-state index in [-0.39, 0.29) is 11.1 Å². The highest BCUT2D eigenvalue weighted by molar-refractivity contribution is 7.94. The summed E-state index contributed by atoms with van der Waals surface area (Å²) < 4.78 is 29.9. The van der Waals surface area contributed by atoms with Crippen molar-refractivity contribution >= 4 is 46.6 Å². The normalized spacial score (nSPS) is 11.7. The van der Waals surface area contributed by atoms with E-state index in [1.165, 1.54) is 0 Å². The van der Waals surface area contributed by atoms with Crippen LogP contribution in [0, 0.1) is 20.8 Å². The molecule has 0 bridgehead atoms. The van der Waals surface area contributed by atoms with Gasteiger partial charge >= 0.3 is 0 Å². The minimum absolute atomic E-state index is 0.225. The number of carbonyl (C=O) groups excluding carboxylic acids is 2. The first-order chi connectivity index (χ1) is 19.7. The van der Waals surface area contributed by atoms with E-state index in [9.17, 15) is 18.7 Å². The summed E-state index contributed by atoms with van der Waals surface area (Å²) in [4.78, 5) is 29.1. The van der Waals surface area contributed by atoms with E-state index in [4.69, 9.17) is 0 Å². The molecule has 41 heavy (non-hydrogen) atoms. The fraction of sp³-hybridized carbons (Fsp3) is 0.0857. The predicted octanol–water partition coefficient (Wildman–Crippen LogP) is 6.92. The lowest BCUT2D eigenvalue weighted by Gasteiger charge is -2.24. The molecule has 6 heteroatoms. The number of carbonyl (C=O) groups is 2. The van der Waals surface area contributed by atoms with Gasteiger partial charge in [-0.2, -0.15) is 0 Å². The Morgan fingerprint density at radius 2 is 0.683 bits per heavy atom. The van der Waals surface area contributed by atoms with Crippen molar-refractivity contribution in [1.29, 1.82) is 0 Å². The second kappa shape index (κ2) is 11.4. The summed E-state index contributed by atoms with van der Waals surface area (Å²) in [5.74, 6) is 0. The molecule has 204 valence electrons. The van der Waals surface area contributed by atoms with Crippen molar-refractivity contribution in [3.63, 3.8) is 0 Å². The van der Waals surface area contributed by atoms with Gasteiger partial charge in [-0.1, -0.05) is 127 Å². The molecule has 0 saturated carbocycles. The number of aryl methyl sites for hydroxylation is 2. The van der Waals surface area contributed by atoms with Crippen LogP contribution in [0.1, 0.15) is 37.4 Å². The van der Waals surface area contributed by atoms with E-state index in [0.717, 1.165) is 0 Å². The lowest BCUT2D eigenvalue weighted by atomic mass is 9.94. The van der Waals surface area contributed by atoms with Gasteiger partial charge in [0.25, 0.3) is 0 Å². The van der Waals surface area contributed by atoms with Gasteiger partial charge in [0.1, 0.15) is 0 Å². The maximum absolute atomic E-state index is 14.9. The summed E-state index contributed by atoms with van der Waals surface area (Å²) in [6.45, 7) is 5.27. The minimum atomic E-state index is -3.83. The summed E-state index contributed by atoms with van der Waals surface area (Å²) in [6.07, 6.45) is 0. The van der Waals surface area contributed by atoms with E-state index in [2.05, 4.69) is 0 Å². The van der Waals surface area contributed by atoms with Gasteiger partial charge in [-0.05, 0) is 37.5 Å². The van der Waals surface area contributed by atoms with E-state index in [1.807, 2.05) is 24.3 Å². The average molecular weight is 577 g/mol. The van der Waals surface area contributed by atoms with Crippen LogP contribution in [0.2, 0.25) is 0 Å². The molecular weight excluding hydrogens is 546 g/mol. The third-order valence-electron chi connectivity index (χ3n) is 7.45. The third-order valence-corrected chi connectivity index (χ3v) is 13.1. The van der Waals surface area contributed by atoms with Gasteiger partial charge < -0.3 is 9.13 Å². The minimum Gasteiger partial charge on any atom is -0.305 e. The van der Waals surface area contributed by atoms with Crippen molar-refractivity contribution in [3.05, 3.63) is 155 Å². The maximum atomic E-state index is 14.9. The molecule has 0 amide bonds. The van der Waals surface area contributed by atoms with Gasteiger partial charge in [0.2, 0.25) is 25.3 Å². The summed E-state index contributed by atoms with van der Waals surface area (Å²) in [7, 11) is -7.66. The SMILES string of the molecule is Cc1cc(C)c(C(=O)P(=O)(c2ccccc2)c2ccccc2)c(C)c1C(=O)P(=O)(c1ccccc1)c1ccccc1. The highest BCUT2D eigenvalue weighted by Crippen LogP contribution is 2.51. The van der Waals surface area contributed by atoms with Gasteiger partial charge in [0.15, 0.2) is 0 Å². The smallest absolute Gasteiger partial charge is 0.230 e.